The van der Waals surface area contributed by atoms with E-state index in [4.69, 9.17) is 5.11 Å². The Kier molecular flexibility index (Phi) is 4.49. The highest BCUT2D eigenvalue weighted by Crippen LogP contribution is 2.20. The second-order valence-electron chi connectivity index (χ2n) is 3.31. The number of benzene rings is 1. The van der Waals surface area contributed by atoms with Gasteiger partial charge in [0, 0.05) is 17.1 Å². The van der Waals surface area contributed by atoms with Gasteiger partial charge in [0.2, 0.25) is 0 Å². The maximum absolute atomic E-state index is 13.3. The Morgan fingerprint density at radius 3 is 2.94 bits per heavy atom. The Balaban J connectivity index is 2.68. The van der Waals surface area contributed by atoms with Crippen LogP contribution in [0.5, 0.6) is 0 Å². The van der Waals surface area contributed by atoms with Crippen LogP contribution in [0.1, 0.15) is 6.92 Å². The molecule has 16 heavy (non-hydrogen) atoms. The van der Waals surface area contributed by atoms with E-state index in [1.165, 1.54) is 6.07 Å². The van der Waals surface area contributed by atoms with E-state index in [0.717, 1.165) is 10.5 Å². The van der Waals surface area contributed by atoms with E-state index in [0.29, 0.717) is 17.8 Å². The van der Waals surface area contributed by atoms with Gasteiger partial charge in [-0.25, -0.2) is 9.18 Å². The molecule has 1 aromatic rings. The summed E-state index contributed by atoms with van der Waals surface area (Å²) < 4.78 is 14.0. The van der Waals surface area contributed by atoms with Gasteiger partial charge in [-0.15, -0.1) is 0 Å². The molecule has 0 aliphatic heterocycles. The molecule has 2 N–H and O–H groups in total. The first-order chi connectivity index (χ1) is 7.49. The SMILES string of the molecule is C/C(=C/C(=O)O)CNc1cc(Br)ccc1F. The van der Waals surface area contributed by atoms with Gasteiger partial charge in [-0.1, -0.05) is 15.9 Å². The van der Waals surface area contributed by atoms with Gasteiger partial charge >= 0.3 is 5.97 Å². The van der Waals surface area contributed by atoms with Crippen molar-refractivity contribution in [3.8, 4) is 0 Å². The zero-order chi connectivity index (χ0) is 12.1. The van der Waals surface area contributed by atoms with Crippen LogP contribution < -0.4 is 5.32 Å². The highest BCUT2D eigenvalue weighted by atomic mass is 79.9. The minimum Gasteiger partial charge on any atom is -0.478 e. The Bertz CT molecular complexity index is 432. The smallest absolute Gasteiger partial charge is 0.328 e. The number of anilines is 1. The summed E-state index contributed by atoms with van der Waals surface area (Å²) in [6.07, 6.45) is 1.09. The average Bonchev–Trinajstić information content (AvgIpc) is 2.18. The van der Waals surface area contributed by atoms with Gasteiger partial charge in [-0.05, 0) is 30.7 Å². The van der Waals surface area contributed by atoms with Crippen molar-refractivity contribution >= 4 is 27.6 Å². The molecule has 0 aromatic heterocycles. The summed E-state index contributed by atoms with van der Waals surface area (Å²) in [4.78, 5) is 10.4. The van der Waals surface area contributed by atoms with E-state index in [-0.39, 0.29) is 5.82 Å². The van der Waals surface area contributed by atoms with Crippen molar-refractivity contribution in [3.63, 3.8) is 0 Å². The molecule has 86 valence electrons. The number of carbonyl (C=O) groups is 1. The fraction of sp³-hybridized carbons (Fsp3) is 0.182. The Labute approximate surface area is 101 Å². The quantitative estimate of drug-likeness (QED) is 0.837. The second kappa shape index (κ2) is 5.65. The number of carboxylic acids is 1. The van der Waals surface area contributed by atoms with Crippen molar-refractivity contribution in [2.24, 2.45) is 0 Å². The average molecular weight is 288 g/mol. The largest absolute Gasteiger partial charge is 0.478 e. The van der Waals surface area contributed by atoms with Crippen LogP contribution in [0, 0.1) is 5.82 Å². The number of hydrogen-bond donors (Lipinski definition) is 2. The van der Waals surface area contributed by atoms with Crippen molar-refractivity contribution < 1.29 is 14.3 Å². The third-order valence-electron chi connectivity index (χ3n) is 1.86. The molecular weight excluding hydrogens is 277 g/mol. The molecule has 0 bridgehead atoms. The molecule has 0 fully saturated rings. The number of rotatable bonds is 4. The lowest BCUT2D eigenvalue weighted by Crippen LogP contribution is -2.06. The number of carboxylic acid groups (broad SMARTS) is 1. The molecular formula is C11H11BrFNO2. The Morgan fingerprint density at radius 1 is 1.62 bits per heavy atom. The van der Waals surface area contributed by atoms with Gasteiger partial charge in [-0.3, -0.25) is 0 Å². The normalized spacial score (nSPS) is 11.3. The molecule has 1 aromatic carbocycles. The van der Waals surface area contributed by atoms with E-state index in [1.807, 2.05) is 0 Å². The monoisotopic (exact) mass is 287 g/mol. The lowest BCUT2D eigenvalue weighted by Gasteiger charge is -2.07. The van der Waals surface area contributed by atoms with E-state index >= 15 is 0 Å². The third-order valence-corrected chi connectivity index (χ3v) is 2.35. The first-order valence-corrected chi connectivity index (χ1v) is 5.37. The summed E-state index contributed by atoms with van der Waals surface area (Å²) >= 11 is 3.23. The molecule has 1 rings (SSSR count). The summed E-state index contributed by atoms with van der Waals surface area (Å²) in [6.45, 7) is 1.96. The highest BCUT2D eigenvalue weighted by Gasteiger charge is 2.02. The van der Waals surface area contributed by atoms with Crippen molar-refractivity contribution in [1.29, 1.82) is 0 Å². The molecule has 3 nitrogen and oxygen atoms in total. The zero-order valence-corrected chi connectivity index (χ0v) is 10.2. The van der Waals surface area contributed by atoms with Crippen LogP contribution in [0.3, 0.4) is 0 Å². The molecule has 0 amide bonds. The summed E-state index contributed by atoms with van der Waals surface area (Å²) in [7, 11) is 0. The fourth-order valence-corrected chi connectivity index (χ4v) is 1.49. The zero-order valence-electron chi connectivity index (χ0n) is 8.63. The molecule has 0 unspecified atom stereocenters. The molecule has 0 aliphatic rings. The minimum absolute atomic E-state index is 0.291. The van der Waals surface area contributed by atoms with E-state index < -0.39 is 5.97 Å². The van der Waals surface area contributed by atoms with E-state index in [9.17, 15) is 9.18 Å². The van der Waals surface area contributed by atoms with E-state index in [1.54, 1.807) is 19.1 Å². The third kappa shape index (κ3) is 4.02. The van der Waals surface area contributed by atoms with Gasteiger partial charge in [0.15, 0.2) is 0 Å². The number of hydrogen-bond acceptors (Lipinski definition) is 2. The lowest BCUT2D eigenvalue weighted by atomic mass is 10.2. The molecule has 0 radical (unpaired) electrons. The number of aliphatic carboxylic acids is 1. The number of nitrogens with one attached hydrogen (secondary N) is 1. The molecule has 5 heteroatoms. The Morgan fingerprint density at radius 2 is 2.31 bits per heavy atom. The Hall–Kier alpha value is -1.36. The number of halogens is 2. The summed E-state index contributed by atoms with van der Waals surface area (Å²) in [6, 6.07) is 4.53. The van der Waals surface area contributed by atoms with Gasteiger partial charge in [0.25, 0.3) is 0 Å². The molecule has 0 heterocycles. The molecule has 0 saturated heterocycles. The predicted octanol–water partition coefficient (Wildman–Crippen LogP) is 3.03. The molecule has 0 atom stereocenters. The topological polar surface area (TPSA) is 49.3 Å². The minimum atomic E-state index is -1.01. The van der Waals surface area contributed by atoms with Crippen molar-refractivity contribution in [2.45, 2.75) is 6.92 Å². The van der Waals surface area contributed by atoms with Crippen LogP contribution >= 0.6 is 15.9 Å². The van der Waals surface area contributed by atoms with Gasteiger partial charge in [-0.2, -0.15) is 0 Å². The highest BCUT2D eigenvalue weighted by molar-refractivity contribution is 9.10. The standard InChI is InChI=1S/C11H11BrFNO2/c1-7(4-11(15)16)6-14-10-5-8(12)2-3-9(10)13/h2-5,14H,6H2,1H3,(H,15,16)/b7-4-. The summed E-state index contributed by atoms with van der Waals surface area (Å²) in [5.74, 6) is -1.37. The first kappa shape index (κ1) is 12.7. The van der Waals surface area contributed by atoms with Crippen LogP contribution in [-0.2, 0) is 4.79 Å². The molecule has 0 aliphatic carbocycles. The van der Waals surface area contributed by atoms with Gasteiger partial charge < -0.3 is 10.4 Å². The van der Waals surface area contributed by atoms with Crippen molar-refractivity contribution in [1.82, 2.24) is 0 Å². The molecule has 0 saturated carbocycles. The summed E-state index contributed by atoms with van der Waals surface area (Å²) in [5.41, 5.74) is 0.958. The van der Waals surface area contributed by atoms with Crippen LogP contribution in [0.15, 0.2) is 34.3 Å². The lowest BCUT2D eigenvalue weighted by molar-refractivity contribution is -0.131. The second-order valence-corrected chi connectivity index (χ2v) is 4.22. The maximum atomic E-state index is 13.3. The van der Waals surface area contributed by atoms with Gasteiger partial charge in [0.1, 0.15) is 5.82 Å². The summed E-state index contributed by atoms with van der Waals surface area (Å²) in [5, 5.41) is 11.3. The van der Waals surface area contributed by atoms with Crippen molar-refractivity contribution in [2.75, 3.05) is 11.9 Å². The van der Waals surface area contributed by atoms with Crippen LogP contribution in [0.25, 0.3) is 0 Å². The van der Waals surface area contributed by atoms with Crippen molar-refractivity contribution in [3.05, 3.63) is 40.1 Å². The van der Waals surface area contributed by atoms with Gasteiger partial charge in [0.05, 0.1) is 5.69 Å². The van der Waals surface area contributed by atoms with Crippen LogP contribution in [-0.4, -0.2) is 17.6 Å². The predicted molar refractivity (Wildman–Crippen MR) is 64.0 cm³/mol. The van der Waals surface area contributed by atoms with Crippen LogP contribution in [0.2, 0.25) is 0 Å². The van der Waals surface area contributed by atoms with Crippen LogP contribution in [0.4, 0.5) is 10.1 Å². The first-order valence-electron chi connectivity index (χ1n) is 4.58. The molecule has 0 spiro atoms. The maximum Gasteiger partial charge on any atom is 0.328 e. The fourth-order valence-electron chi connectivity index (χ4n) is 1.13. The van der Waals surface area contributed by atoms with E-state index in [2.05, 4.69) is 21.2 Å².